The molecule has 172 valence electrons. The van der Waals surface area contributed by atoms with E-state index in [4.69, 9.17) is 4.74 Å². The molecular weight excluding hydrogens is 477 g/mol. The summed E-state index contributed by atoms with van der Waals surface area (Å²) in [4.78, 5) is 14.6. The molecule has 0 aliphatic carbocycles. The van der Waals surface area contributed by atoms with Gasteiger partial charge in [-0.25, -0.2) is 0 Å². The van der Waals surface area contributed by atoms with Crippen molar-refractivity contribution in [3.05, 3.63) is 29.8 Å². The molecule has 0 unspecified atom stereocenters. The van der Waals surface area contributed by atoms with Crippen molar-refractivity contribution in [2.75, 3.05) is 0 Å². The average molecular weight is 524 g/mol. The molecule has 0 saturated carbocycles. The van der Waals surface area contributed by atoms with E-state index in [0.717, 1.165) is 0 Å². The van der Waals surface area contributed by atoms with Gasteiger partial charge in [-0.2, -0.15) is 0 Å². The standard InChI is InChI=1S/C14H20NO2.3C4H9.Sn/c1-11(2)15(12(3)4)14(16)17-10-13-8-6-5-7-9-13;3*1-3-4-2;/h5-8,11-12H,10H2,1-4H3;3*1,3-4H2,2H3;. The second kappa shape index (κ2) is 14.4. The number of rotatable bonds is 14. The van der Waals surface area contributed by atoms with Crippen molar-refractivity contribution in [3.8, 4) is 0 Å². The van der Waals surface area contributed by atoms with E-state index in [1.807, 2.05) is 4.90 Å². The van der Waals surface area contributed by atoms with Crippen LogP contribution in [0.5, 0.6) is 0 Å². The molecular formula is C26H47NO2Sn. The average Bonchev–Trinajstić information content (AvgIpc) is 2.72. The fraction of sp³-hybridized carbons (Fsp3) is 0.731. The van der Waals surface area contributed by atoms with Crippen molar-refractivity contribution in [2.24, 2.45) is 0 Å². The van der Waals surface area contributed by atoms with Gasteiger partial charge in [-0.3, -0.25) is 0 Å². The summed E-state index contributed by atoms with van der Waals surface area (Å²) in [5, 5.41) is 0. The molecule has 3 nitrogen and oxygen atoms in total. The van der Waals surface area contributed by atoms with Gasteiger partial charge in [0, 0.05) is 0 Å². The van der Waals surface area contributed by atoms with Crippen molar-refractivity contribution in [1.82, 2.24) is 4.90 Å². The van der Waals surface area contributed by atoms with Crippen LogP contribution in [0.2, 0.25) is 13.3 Å². The zero-order valence-corrected chi connectivity index (χ0v) is 23.7. The second-order valence-corrected chi connectivity index (χ2v) is 22.5. The molecule has 0 aliphatic heterocycles. The molecule has 0 radical (unpaired) electrons. The number of benzene rings is 1. The van der Waals surface area contributed by atoms with Crippen LogP contribution in [-0.4, -0.2) is 41.5 Å². The molecule has 0 fully saturated rings. The monoisotopic (exact) mass is 525 g/mol. The summed E-state index contributed by atoms with van der Waals surface area (Å²) >= 11 is -2.56. The summed E-state index contributed by atoms with van der Waals surface area (Å²) in [6.45, 7) is 15.6. The number of nitrogens with zero attached hydrogens (tertiary/aromatic N) is 1. The Labute approximate surface area is 190 Å². The number of carbonyl (C=O) groups is 1. The van der Waals surface area contributed by atoms with Gasteiger partial charge in [0.05, 0.1) is 0 Å². The van der Waals surface area contributed by atoms with Gasteiger partial charge in [0.25, 0.3) is 0 Å². The van der Waals surface area contributed by atoms with Crippen LogP contribution >= 0.6 is 0 Å². The maximum absolute atomic E-state index is 12.8. The first-order valence-electron chi connectivity index (χ1n) is 12.4. The first-order valence-corrected chi connectivity index (χ1v) is 19.8. The zero-order valence-electron chi connectivity index (χ0n) is 20.8. The van der Waals surface area contributed by atoms with Gasteiger partial charge < -0.3 is 0 Å². The Kier molecular flexibility index (Phi) is 13.1. The van der Waals surface area contributed by atoms with E-state index in [2.05, 4.69) is 72.7 Å². The van der Waals surface area contributed by atoms with Crippen LogP contribution in [0.15, 0.2) is 24.3 Å². The van der Waals surface area contributed by atoms with Gasteiger partial charge in [0.2, 0.25) is 0 Å². The van der Waals surface area contributed by atoms with Crippen LogP contribution in [0, 0.1) is 0 Å². The number of ether oxygens (including phenoxy) is 1. The van der Waals surface area contributed by atoms with E-state index in [0.29, 0.717) is 6.61 Å². The van der Waals surface area contributed by atoms with E-state index in [-0.39, 0.29) is 18.2 Å². The van der Waals surface area contributed by atoms with Crippen LogP contribution in [0.1, 0.15) is 92.6 Å². The molecule has 0 bridgehead atoms. The fourth-order valence-electron chi connectivity index (χ4n) is 4.72. The van der Waals surface area contributed by atoms with Gasteiger partial charge in [-0.1, -0.05) is 0 Å². The topological polar surface area (TPSA) is 29.5 Å². The predicted molar refractivity (Wildman–Crippen MR) is 133 cm³/mol. The minimum absolute atomic E-state index is 0.143. The van der Waals surface area contributed by atoms with Crippen molar-refractivity contribution in [2.45, 2.75) is 119 Å². The number of hydrogen-bond acceptors (Lipinski definition) is 2. The summed E-state index contributed by atoms with van der Waals surface area (Å²) < 4.78 is 11.8. The molecule has 0 N–H and O–H groups in total. The van der Waals surface area contributed by atoms with Gasteiger partial charge in [0.15, 0.2) is 0 Å². The van der Waals surface area contributed by atoms with E-state index in [9.17, 15) is 4.79 Å². The maximum atomic E-state index is 12.8. The first kappa shape index (κ1) is 27.3. The molecule has 0 spiro atoms. The van der Waals surface area contributed by atoms with Gasteiger partial charge in [0.1, 0.15) is 0 Å². The third-order valence-electron chi connectivity index (χ3n) is 6.29. The number of unbranched alkanes of at least 4 members (excludes halogenated alkanes) is 3. The van der Waals surface area contributed by atoms with Crippen LogP contribution in [0.3, 0.4) is 0 Å². The summed E-state index contributed by atoms with van der Waals surface area (Å²) in [6, 6.07) is 9.22. The molecule has 0 saturated heterocycles. The van der Waals surface area contributed by atoms with E-state index < -0.39 is 18.4 Å². The molecule has 0 heterocycles. The van der Waals surface area contributed by atoms with E-state index >= 15 is 0 Å². The van der Waals surface area contributed by atoms with Crippen molar-refractivity contribution in [3.63, 3.8) is 0 Å². The normalized spacial score (nSPS) is 11.9. The van der Waals surface area contributed by atoms with Crippen LogP contribution < -0.4 is 3.58 Å². The molecule has 0 atom stereocenters. The van der Waals surface area contributed by atoms with Crippen LogP contribution in [-0.2, 0) is 11.3 Å². The first-order chi connectivity index (χ1) is 14.3. The third-order valence-corrected chi connectivity index (χ3v) is 22.2. The van der Waals surface area contributed by atoms with Gasteiger partial charge >= 0.3 is 191 Å². The molecule has 1 aromatic carbocycles. The predicted octanol–water partition coefficient (Wildman–Crippen LogP) is 7.50. The van der Waals surface area contributed by atoms with Crippen molar-refractivity contribution in [1.29, 1.82) is 0 Å². The van der Waals surface area contributed by atoms with Crippen LogP contribution in [0.25, 0.3) is 0 Å². The van der Waals surface area contributed by atoms with Crippen LogP contribution in [0.4, 0.5) is 4.79 Å². The number of hydrogen-bond donors (Lipinski definition) is 0. The quantitative estimate of drug-likeness (QED) is 0.236. The minimum atomic E-state index is -2.56. The Hall–Kier alpha value is -0.711. The Morgan fingerprint density at radius 2 is 1.33 bits per heavy atom. The van der Waals surface area contributed by atoms with Crippen molar-refractivity contribution >= 4 is 28.0 Å². The summed E-state index contributed by atoms with van der Waals surface area (Å²) in [6.07, 6.45) is 7.64. The van der Waals surface area contributed by atoms with E-state index in [1.165, 1.54) is 57.4 Å². The summed E-state index contributed by atoms with van der Waals surface area (Å²) in [5.74, 6) is 0. The Bertz CT molecular complexity index is 585. The molecule has 4 heteroatoms. The molecule has 30 heavy (non-hydrogen) atoms. The summed E-state index contributed by atoms with van der Waals surface area (Å²) in [5.41, 5.74) is 1.28. The molecule has 1 aromatic rings. The molecule has 1 rings (SSSR count). The Balaban J connectivity index is 3.19. The fourth-order valence-corrected chi connectivity index (χ4v) is 21.7. The van der Waals surface area contributed by atoms with E-state index in [1.54, 1.807) is 3.58 Å². The van der Waals surface area contributed by atoms with Gasteiger partial charge in [-0.05, 0) is 0 Å². The SMILES string of the molecule is CCC[CH2][Sn]([CH2]CCC)([CH2]CCC)[c]1ccccc1COC(=O)N(C(C)C)C(C)C. The number of amides is 1. The molecule has 1 amide bonds. The molecule has 0 aliphatic rings. The second-order valence-electron chi connectivity index (χ2n) is 9.40. The van der Waals surface area contributed by atoms with Gasteiger partial charge in [-0.15, -0.1) is 0 Å². The Morgan fingerprint density at radius 1 is 0.867 bits per heavy atom. The third kappa shape index (κ3) is 8.09. The zero-order chi connectivity index (χ0) is 22.6. The van der Waals surface area contributed by atoms with Crippen molar-refractivity contribution < 1.29 is 9.53 Å². The molecule has 0 aromatic heterocycles. The summed E-state index contributed by atoms with van der Waals surface area (Å²) in [7, 11) is 0. The number of carbonyl (C=O) groups excluding carboxylic acids is 1. The Morgan fingerprint density at radius 3 is 1.77 bits per heavy atom.